The van der Waals surface area contributed by atoms with Crippen molar-refractivity contribution in [3.63, 3.8) is 0 Å². The van der Waals surface area contributed by atoms with Crippen LogP contribution in [0.3, 0.4) is 0 Å². The maximum Gasteiger partial charge on any atom is 0.0675 e. The molecule has 0 saturated heterocycles. The van der Waals surface area contributed by atoms with Gasteiger partial charge in [0.15, 0.2) is 0 Å². The van der Waals surface area contributed by atoms with E-state index in [1.165, 1.54) is 0 Å². The van der Waals surface area contributed by atoms with Crippen LogP contribution in [0, 0.1) is 0 Å². The van der Waals surface area contributed by atoms with E-state index in [1.807, 2.05) is 26.1 Å². The molecule has 0 aromatic heterocycles. The van der Waals surface area contributed by atoms with Gasteiger partial charge in [-0.1, -0.05) is 12.2 Å². The van der Waals surface area contributed by atoms with Gasteiger partial charge in [0.05, 0.1) is 12.7 Å². The van der Waals surface area contributed by atoms with Crippen molar-refractivity contribution in [3.8, 4) is 0 Å². The summed E-state index contributed by atoms with van der Waals surface area (Å²) in [5.41, 5.74) is 0. The summed E-state index contributed by atoms with van der Waals surface area (Å²) in [7, 11) is 1.93. The molecule has 0 spiro atoms. The molecule has 0 fully saturated rings. The molecule has 0 amide bonds. The monoisotopic (exact) mass is 143 g/mol. The third kappa shape index (κ3) is 5.79. The molecule has 10 heavy (non-hydrogen) atoms. The summed E-state index contributed by atoms with van der Waals surface area (Å²) in [6, 6.07) is 0. The van der Waals surface area contributed by atoms with Crippen LogP contribution in [0.5, 0.6) is 0 Å². The Labute approximate surface area is 63.3 Å². The minimum Gasteiger partial charge on any atom is -0.373 e. The largest absolute Gasteiger partial charge is 0.373 e. The maximum atomic E-state index is 5.37. The fourth-order valence-corrected chi connectivity index (χ4v) is 0.662. The number of hydrogen-bond acceptors (Lipinski definition) is 2. The van der Waals surface area contributed by atoms with Crippen LogP contribution in [-0.4, -0.2) is 26.3 Å². The summed E-state index contributed by atoms with van der Waals surface area (Å²) in [5.74, 6) is 0. The first kappa shape index (κ1) is 9.66. The third-order valence-corrected chi connectivity index (χ3v) is 1.20. The molecule has 0 radical (unpaired) electrons. The maximum absolute atomic E-state index is 5.37. The molecular weight excluding hydrogens is 126 g/mol. The van der Waals surface area contributed by atoms with E-state index in [9.17, 15) is 0 Å². The highest BCUT2D eigenvalue weighted by Crippen LogP contribution is 1.87. The van der Waals surface area contributed by atoms with E-state index < -0.39 is 0 Å². The molecule has 0 rings (SSSR count). The highest BCUT2D eigenvalue weighted by molar-refractivity contribution is 4.76. The Morgan fingerprint density at radius 1 is 1.60 bits per heavy atom. The van der Waals surface area contributed by atoms with Crippen molar-refractivity contribution in [2.75, 3.05) is 20.2 Å². The second-order valence-electron chi connectivity index (χ2n) is 2.27. The molecule has 0 heterocycles. The second-order valence-corrected chi connectivity index (χ2v) is 2.27. The zero-order valence-electron chi connectivity index (χ0n) is 7.05. The van der Waals surface area contributed by atoms with E-state index in [1.54, 1.807) is 0 Å². The predicted molar refractivity (Wildman–Crippen MR) is 44.2 cm³/mol. The van der Waals surface area contributed by atoms with Gasteiger partial charge in [-0.3, -0.25) is 0 Å². The highest BCUT2D eigenvalue weighted by Gasteiger charge is 1.95. The van der Waals surface area contributed by atoms with Crippen LogP contribution < -0.4 is 5.32 Å². The van der Waals surface area contributed by atoms with Crippen molar-refractivity contribution < 1.29 is 4.74 Å². The third-order valence-electron chi connectivity index (χ3n) is 1.20. The molecule has 0 aromatic carbocycles. The summed E-state index contributed by atoms with van der Waals surface area (Å²) in [4.78, 5) is 0. The Hall–Kier alpha value is -0.340. The van der Waals surface area contributed by atoms with Crippen molar-refractivity contribution in [1.29, 1.82) is 0 Å². The Morgan fingerprint density at radius 2 is 2.30 bits per heavy atom. The molecule has 2 nitrogen and oxygen atoms in total. The van der Waals surface area contributed by atoms with Gasteiger partial charge in [-0.2, -0.15) is 0 Å². The second kappa shape index (κ2) is 6.78. The summed E-state index contributed by atoms with van der Waals surface area (Å²) in [6.07, 6.45) is 4.30. The smallest absolute Gasteiger partial charge is 0.0675 e. The molecule has 0 aliphatic rings. The lowest BCUT2D eigenvalue weighted by Gasteiger charge is -2.09. The summed E-state index contributed by atoms with van der Waals surface area (Å²) in [5, 5.41) is 3.05. The first-order valence-electron chi connectivity index (χ1n) is 3.68. The van der Waals surface area contributed by atoms with E-state index in [2.05, 4.69) is 12.2 Å². The first-order chi connectivity index (χ1) is 4.81. The lowest BCUT2D eigenvalue weighted by molar-refractivity contribution is 0.0894. The van der Waals surface area contributed by atoms with Gasteiger partial charge < -0.3 is 10.1 Å². The van der Waals surface area contributed by atoms with E-state index in [-0.39, 0.29) is 0 Å². The Bertz CT molecular complexity index is 91.3. The first-order valence-corrected chi connectivity index (χ1v) is 3.68. The van der Waals surface area contributed by atoms with Crippen LogP contribution in [0.2, 0.25) is 0 Å². The van der Waals surface area contributed by atoms with Crippen LogP contribution in [0.15, 0.2) is 12.2 Å². The molecule has 1 atom stereocenters. The fraction of sp³-hybridized carbons (Fsp3) is 0.750. The van der Waals surface area contributed by atoms with Gasteiger partial charge in [-0.25, -0.2) is 0 Å². The fourth-order valence-electron chi connectivity index (χ4n) is 0.662. The molecule has 0 aliphatic heterocycles. The highest BCUT2D eigenvalue weighted by atomic mass is 16.5. The average molecular weight is 143 g/mol. The minimum atomic E-state index is 0.307. The number of rotatable bonds is 5. The van der Waals surface area contributed by atoms with Crippen molar-refractivity contribution in [1.82, 2.24) is 5.32 Å². The lowest BCUT2D eigenvalue weighted by atomic mass is 10.4. The lowest BCUT2D eigenvalue weighted by Crippen LogP contribution is -2.23. The number of allylic oxidation sites excluding steroid dienone is 1. The van der Waals surface area contributed by atoms with Crippen LogP contribution in [-0.2, 0) is 4.74 Å². The number of hydrogen-bond donors (Lipinski definition) is 1. The summed E-state index contributed by atoms with van der Waals surface area (Å²) in [6.45, 7) is 5.68. The SMILES string of the molecule is C/C=C/COC(C)CNC. The van der Waals surface area contributed by atoms with Crippen molar-refractivity contribution in [2.24, 2.45) is 0 Å². The van der Waals surface area contributed by atoms with Gasteiger partial charge in [0.25, 0.3) is 0 Å². The van der Waals surface area contributed by atoms with Gasteiger partial charge in [0, 0.05) is 6.54 Å². The molecule has 0 aromatic rings. The topological polar surface area (TPSA) is 21.3 Å². The molecule has 1 unspecified atom stereocenters. The number of likely N-dealkylation sites (N-methyl/N-ethyl adjacent to an activating group) is 1. The molecule has 0 aliphatic carbocycles. The number of nitrogens with one attached hydrogen (secondary N) is 1. The Balaban J connectivity index is 3.12. The Kier molecular flexibility index (Phi) is 6.55. The molecule has 60 valence electrons. The molecule has 0 saturated carbocycles. The summed E-state index contributed by atoms with van der Waals surface area (Å²) >= 11 is 0. The quantitative estimate of drug-likeness (QED) is 0.584. The van der Waals surface area contributed by atoms with Crippen LogP contribution in [0.25, 0.3) is 0 Å². The van der Waals surface area contributed by atoms with Crippen molar-refractivity contribution in [3.05, 3.63) is 12.2 Å². The normalized spacial score (nSPS) is 14.3. The van der Waals surface area contributed by atoms with Crippen molar-refractivity contribution >= 4 is 0 Å². The zero-order valence-corrected chi connectivity index (χ0v) is 7.05. The molecule has 2 heteroatoms. The average Bonchev–Trinajstić information content (AvgIpc) is 1.89. The van der Waals surface area contributed by atoms with Gasteiger partial charge in [-0.05, 0) is 20.9 Å². The zero-order chi connectivity index (χ0) is 7.82. The van der Waals surface area contributed by atoms with Gasteiger partial charge in [-0.15, -0.1) is 0 Å². The van der Waals surface area contributed by atoms with Gasteiger partial charge >= 0.3 is 0 Å². The van der Waals surface area contributed by atoms with Crippen molar-refractivity contribution in [2.45, 2.75) is 20.0 Å². The molecule has 0 bridgehead atoms. The minimum absolute atomic E-state index is 0.307. The van der Waals surface area contributed by atoms with Gasteiger partial charge in [0.2, 0.25) is 0 Å². The predicted octanol–water partition coefficient (Wildman–Crippen LogP) is 1.19. The van der Waals surface area contributed by atoms with E-state index in [0.717, 1.165) is 13.2 Å². The Morgan fingerprint density at radius 3 is 2.80 bits per heavy atom. The molecular formula is C8H17NO. The number of ether oxygens (including phenoxy) is 1. The van der Waals surface area contributed by atoms with E-state index in [0.29, 0.717) is 6.10 Å². The van der Waals surface area contributed by atoms with Gasteiger partial charge in [0.1, 0.15) is 0 Å². The standard InChI is InChI=1S/C8H17NO/c1-4-5-6-10-8(2)7-9-3/h4-5,8-9H,6-7H2,1-3H3/b5-4+. The van der Waals surface area contributed by atoms with Crippen LogP contribution in [0.1, 0.15) is 13.8 Å². The molecule has 1 N–H and O–H groups in total. The van der Waals surface area contributed by atoms with Crippen LogP contribution >= 0.6 is 0 Å². The van der Waals surface area contributed by atoms with E-state index in [4.69, 9.17) is 4.74 Å². The summed E-state index contributed by atoms with van der Waals surface area (Å²) < 4.78 is 5.37. The van der Waals surface area contributed by atoms with Crippen LogP contribution in [0.4, 0.5) is 0 Å². The van der Waals surface area contributed by atoms with E-state index >= 15 is 0 Å².